The maximum Gasteiger partial charge on any atom is 0.405 e. The minimum absolute atomic E-state index is 0.0341. The summed E-state index contributed by atoms with van der Waals surface area (Å²) >= 11 is 0. The molecule has 3 aliphatic rings. The van der Waals surface area contributed by atoms with E-state index in [2.05, 4.69) is 33.7 Å². The predicted octanol–water partition coefficient (Wildman–Crippen LogP) is 5.40. The third-order valence-corrected chi connectivity index (χ3v) is 6.11. The maximum atomic E-state index is 14.0. The van der Waals surface area contributed by atoms with E-state index in [4.69, 9.17) is 0 Å². The predicted molar refractivity (Wildman–Crippen MR) is 115 cm³/mol. The highest BCUT2D eigenvalue weighted by Crippen LogP contribution is 2.57. The second-order valence-electron chi connectivity index (χ2n) is 8.32. The van der Waals surface area contributed by atoms with E-state index in [1.165, 1.54) is 18.3 Å². The molecular weight excluding hydrogens is 420 g/mol. The van der Waals surface area contributed by atoms with Gasteiger partial charge in [-0.3, -0.25) is 4.98 Å². The van der Waals surface area contributed by atoms with Crippen molar-refractivity contribution in [3.63, 3.8) is 0 Å². The van der Waals surface area contributed by atoms with Crippen LogP contribution in [0.5, 0.6) is 0 Å². The molecule has 1 aromatic heterocycles. The number of hydrogen-bond acceptors (Lipinski definition) is 4. The van der Waals surface area contributed by atoms with Crippen LogP contribution in [0.4, 0.5) is 28.9 Å². The molecule has 0 unspecified atom stereocenters. The molecule has 164 valence electrons. The van der Waals surface area contributed by atoms with E-state index in [1.54, 1.807) is 12.3 Å². The van der Waals surface area contributed by atoms with Crippen molar-refractivity contribution in [1.82, 2.24) is 4.98 Å². The van der Waals surface area contributed by atoms with Gasteiger partial charge in [-0.15, -0.1) is 0 Å². The third-order valence-electron chi connectivity index (χ3n) is 6.11. The number of benzene rings is 1. The standard InChI is InChI=1S/C24H20F4N4/c1-15-30-20-6-5-17(25)12-19(20)22(31-15)32-11-3-2-4-18-16(13-29-14-21(18)32)7-8-23(9-10-23)24(26,27)28/h5-6,12-14,30H,1-4,9-11H2. The van der Waals surface area contributed by atoms with Gasteiger partial charge in [0.1, 0.15) is 22.9 Å². The highest BCUT2D eigenvalue weighted by molar-refractivity contribution is 6.15. The molecule has 0 atom stereocenters. The van der Waals surface area contributed by atoms with Crippen LogP contribution in [0.1, 0.15) is 42.4 Å². The lowest BCUT2D eigenvalue weighted by Crippen LogP contribution is -2.35. The van der Waals surface area contributed by atoms with Crippen molar-refractivity contribution in [3.05, 3.63) is 65.5 Å². The Morgan fingerprint density at radius 3 is 2.72 bits per heavy atom. The quantitative estimate of drug-likeness (QED) is 0.441. The van der Waals surface area contributed by atoms with Gasteiger partial charge in [0.05, 0.1) is 17.6 Å². The van der Waals surface area contributed by atoms with E-state index >= 15 is 0 Å². The molecule has 0 amide bonds. The molecule has 1 N–H and O–H groups in total. The van der Waals surface area contributed by atoms with Crippen LogP contribution >= 0.6 is 0 Å². The highest BCUT2D eigenvalue weighted by Gasteiger charge is 2.62. The molecule has 0 saturated heterocycles. The second-order valence-corrected chi connectivity index (χ2v) is 8.32. The molecule has 3 heterocycles. The van der Waals surface area contributed by atoms with Gasteiger partial charge in [0, 0.05) is 23.9 Å². The summed E-state index contributed by atoms with van der Waals surface area (Å²) in [6.45, 7) is 4.51. The molecule has 1 fully saturated rings. The fourth-order valence-corrected chi connectivity index (χ4v) is 4.17. The summed E-state index contributed by atoms with van der Waals surface area (Å²) in [7, 11) is 0. The first-order valence-electron chi connectivity index (χ1n) is 10.5. The zero-order valence-corrected chi connectivity index (χ0v) is 17.2. The molecule has 0 radical (unpaired) electrons. The lowest BCUT2D eigenvalue weighted by molar-refractivity contribution is -0.168. The normalized spacial score (nSPS) is 18.9. The lowest BCUT2D eigenvalue weighted by Gasteiger charge is -2.30. The Labute approximate surface area is 183 Å². The summed E-state index contributed by atoms with van der Waals surface area (Å²) in [4.78, 5) is 10.8. The number of rotatable bonds is 0. The Bertz CT molecular complexity index is 1200. The summed E-state index contributed by atoms with van der Waals surface area (Å²) < 4.78 is 54.0. The molecule has 4 nitrogen and oxygen atoms in total. The Hall–Kier alpha value is -3.34. The van der Waals surface area contributed by atoms with Crippen molar-refractivity contribution in [2.75, 3.05) is 16.8 Å². The summed E-state index contributed by atoms with van der Waals surface area (Å²) in [6, 6.07) is 4.41. The molecule has 2 aromatic rings. The molecule has 1 saturated carbocycles. The first-order chi connectivity index (χ1) is 15.3. The van der Waals surface area contributed by atoms with Crippen LogP contribution in [0.25, 0.3) is 0 Å². The van der Waals surface area contributed by atoms with E-state index in [0.717, 1.165) is 24.1 Å². The smallest absolute Gasteiger partial charge is 0.340 e. The van der Waals surface area contributed by atoms with Gasteiger partial charge in [-0.1, -0.05) is 18.4 Å². The van der Waals surface area contributed by atoms with Gasteiger partial charge in [-0.05, 0) is 55.9 Å². The summed E-state index contributed by atoms with van der Waals surface area (Å²) in [5.74, 6) is 5.84. The summed E-state index contributed by atoms with van der Waals surface area (Å²) in [5.41, 5.74) is 1.46. The van der Waals surface area contributed by atoms with Gasteiger partial charge in [0.15, 0.2) is 0 Å². The fraction of sp³-hybridized carbons (Fsp3) is 0.333. The minimum atomic E-state index is -4.33. The van der Waals surface area contributed by atoms with Gasteiger partial charge in [0.2, 0.25) is 0 Å². The number of aromatic nitrogens is 1. The Balaban J connectivity index is 1.59. The van der Waals surface area contributed by atoms with Gasteiger partial charge >= 0.3 is 6.18 Å². The molecule has 5 rings (SSSR count). The second kappa shape index (κ2) is 7.37. The van der Waals surface area contributed by atoms with Crippen LogP contribution in [0.2, 0.25) is 0 Å². The number of aliphatic imine (C=N–C) groups is 1. The molecule has 2 aliphatic heterocycles. The topological polar surface area (TPSA) is 40.5 Å². The Kier molecular flexibility index (Phi) is 4.73. The number of amidine groups is 1. The van der Waals surface area contributed by atoms with Crippen molar-refractivity contribution >= 4 is 17.2 Å². The average Bonchev–Trinajstić information content (AvgIpc) is 3.56. The number of hydrogen-bond donors (Lipinski definition) is 1. The molecular formula is C24H20F4N4. The highest BCUT2D eigenvalue weighted by atomic mass is 19.4. The summed E-state index contributed by atoms with van der Waals surface area (Å²) in [5, 5.41) is 3.05. The lowest BCUT2D eigenvalue weighted by atomic mass is 10.0. The largest absolute Gasteiger partial charge is 0.405 e. The Morgan fingerprint density at radius 1 is 1.16 bits per heavy atom. The van der Waals surface area contributed by atoms with Crippen LogP contribution in [-0.4, -0.2) is 23.5 Å². The van der Waals surface area contributed by atoms with E-state index in [9.17, 15) is 17.6 Å². The van der Waals surface area contributed by atoms with E-state index in [-0.39, 0.29) is 18.7 Å². The van der Waals surface area contributed by atoms with Crippen LogP contribution in [-0.2, 0) is 6.42 Å². The molecule has 0 bridgehead atoms. The van der Waals surface area contributed by atoms with Gasteiger partial charge in [0.25, 0.3) is 0 Å². The maximum absolute atomic E-state index is 14.0. The van der Waals surface area contributed by atoms with Crippen LogP contribution in [0, 0.1) is 23.1 Å². The van der Waals surface area contributed by atoms with Crippen molar-refractivity contribution in [2.24, 2.45) is 10.4 Å². The zero-order valence-electron chi connectivity index (χ0n) is 17.2. The molecule has 32 heavy (non-hydrogen) atoms. The number of nitrogens with one attached hydrogen (secondary N) is 1. The average molecular weight is 440 g/mol. The fourth-order valence-electron chi connectivity index (χ4n) is 4.17. The van der Waals surface area contributed by atoms with E-state index < -0.39 is 11.6 Å². The summed E-state index contributed by atoms with van der Waals surface area (Å²) in [6.07, 6.45) is 1.28. The third kappa shape index (κ3) is 3.52. The van der Waals surface area contributed by atoms with Crippen LogP contribution < -0.4 is 10.2 Å². The number of fused-ring (bicyclic) bond motifs is 2. The minimum Gasteiger partial charge on any atom is -0.340 e. The van der Waals surface area contributed by atoms with E-state index in [1.807, 2.05) is 4.90 Å². The monoisotopic (exact) mass is 440 g/mol. The first kappa shape index (κ1) is 20.6. The van der Waals surface area contributed by atoms with Crippen molar-refractivity contribution in [1.29, 1.82) is 0 Å². The van der Waals surface area contributed by atoms with Crippen molar-refractivity contribution in [3.8, 4) is 11.8 Å². The zero-order chi connectivity index (χ0) is 22.5. The van der Waals surface area contributed by atoms with E-state index in [0.29, 0.717) is 41.4 Å². The van der Waals surface area contributed by atoms with Crippen molar-refractivity contribution in [2.45, 2.75) is 38.3 Å². The first-order valence-corrected chi connectivity index (χ1v) is 10.5. The van der Waals surface area contributed by atoms with Crippen LogP contribution in [0.3, 0.4) is 0 Å². The number of alkyl halides is 3. The SMILES string of the molecule is C=C1N=C(N2CCCCc3c(C#CC4(C(F)(F)F)CC4)cncc32)c2cc(F)ccc2N1. The Morgan fingerprint density at radius 2 is 1.97 bits per heavy atom. The van der Waals surface area contributed by atoms with Gasteiger partial charge in [-0.2, -0.15) is 13.2 Å². The molecule has 1 aromatic carbocycles. The van der Waals surface area contributed by atoms with Crippen molar-refractivity contribution < 1.29 is 17.6 Å². The molecule has 1 aliphatic carbocycles. The molecule has 0 spiro atoms. The van der Waals surface area contributed by atoms with Gasteiger partial charge < -0.3 is 10.2 Å². The van der Waals surface area contributed by atoms with Crippen LogP contribution in [0.15, 0.2) is 48.0 Å². The number of halogens is 4. The van der Waals surface area contributed by atoms with Gasteiger partial charge in [-0.25, -0.2) is 9.38 Å². The number of pyridine rings is 1. The number of anilines is 2. The number of nitrogens with zero attached hydrogens (tertiary/aromatic N) is 3. The molecule has 8 heteroatoms.